The van der Waals surface area contributed by atoms with Gasteiger partial charge in [-0.2, -0.15) is 0 Å². The predicted molar refractivity (Wildman–Crippen MR) is 46.2 cm³/mol. The summed E-state index contributed by atoms with van der Waals surface area (Å²) in [5.41, 5.74) is 0. The average molecular weight is 220 g/mol. The van der Waals surface area contributed by atoms with Crippen molar-refractivity contribution >= 4 is 10.2 Å². The van der Waals surface area contributed by atoms with Crippen LogP contribution in [-0.4, -0.2) is 0 Å². The lowest BCUT2D eigenvalue weighted by molar-refractivity contribution is 0.380. The number of hydrogen-bond donors (Lipinski definition) is 0. The molecule has 0 unspecified atom stereocenters. The monoisotopic (exact) mass is 220 g/mol. The van der Waals surface area contributed by atoms with E-state index < -0.39 is 15.1 Å². The fourth-order valence-electron chi connectivity index (χ4n) is 0.545. The molecule has 78 valence electrons. The minimum Gasteiger partial charge on any atom is -0.0976 e. The van der Waals surface area contributed by atoms with Gasteiger partial charge in [0.05, 0.1) is 0 Å². The third kappa shape index (κ3) is 4.12. The first kappa shape index (κ1) is 12.2. The molecule has 0 bridgehead atoms. The zero-order valence-corrected chi connectivity index (χ0v) is 7.63. The molecular formula is C7H9F5S. The van der Waals surface area contributed by atoms with E-state index in [9.17, 15) is 19.4 Å². The summed E-state index contributed by atoms with van der Waals surface area (Å²) in [6.45, 7) is 4.12. The first-order chi connectivity index (χ1) is 5.51. The van der Waals surface area contributed by atoms with Gasteiger partial charge in [-0.25, -0.2) is 0 Å². The van der Waals surface area contributed by atoms with Gasteiger partial charge >= 0.3 is 10.2 Å². The highest BCUT2D eigenvalue weighted by Crippen LogP contribution is 3.02. The van der Waals surface area contributed by atoms with E-state index in [1.165, 1.54) is 13.0 Å². The van der Waals surface area contributed by atoms with E-state index in [0.29, 0.717) is 6.08 Å². The van der Waals surface area contributed by atoms with Gasteiger partial charge in [0.1, 0.15) is 4.91 Å². The topological polar surface area (TPSA) is 0 Å². The van der Waals surface area contributed by atoms with Crippen molar-refractivity contribution in [1.29, 1.82) is 0 Å². The molecule has 0 aromatic rings. The molecule has 13 heavy (non-hydrogen) atoms. The average Bonchev–Trinajstić information content (AvgIpc) is 1.83. The highest BCUT2D eigenvalue weighted by molar-refractivity contribution is 8.48. The lowest BCUT2D eigenvalue weighted by Gasteiger charge is -2.41. The first-order valence-corrected chi connectivity index (χ1v) is 5.16. The molecule has 0 atom stereocenters. The van der Waals surface area contributed by atoms with Crippen molar-refractivity contribution in [2.75, 3.05) is 0 Å². The number of hydrogen-bond acceptors (Lipinski definition) is 0. The van der Waals surface area contributed by atoms with E-state index in [1.807, 2.05) is 0 Å². The van der Waals surface area contributed by atoms with Crippen LogP contribution < -0.4 is 0 Å². The number of rotatable bonds is 3. The molecule has 0 radical (unpaired) electrons. The second-order valence-corrected chi connectivity index (χ2v) is 4.68. The first-order valence-electron chi connectivity index (χ1n) is 3.21. The third-order valence-corrected chi connectivity index (χ3v) is 2.29. The smallest absolute Gasteiger partial charge is 0.0976 e. The van der Waals surface area contributed by atoms with Crippen LogP contribution in [0.2, 0.25) is 0 Å². The molecule has 0 nitrogen and oxygen atoms in total. The Morgan fingerprint density at radius 2 is 1.62 bits per heavy atom. The largest absolute Gasteiger partial charge is 0.310 e. The quantitative estimate of drug-likeness (QED) is 0.467. The summed E-state index contributed by atoms with van der Waals surface area (Å²) < 4.78 is 60.2. The zero-order chi connectivity index (χ0) is 10.8. The fourth-order valence-corrected chi connectivity index (χ4v) is 1.20. The van der Waals surface area contributed by atoms with Gasteiger partial charge in [0, 0.05) is 0 Å². The molecule has 0 heterocycles. The van der Waals surface area contributed by atoms with Crippen LogP contribution in [0.4, 0.5) is 19.4 Å². The molecule has 0 fully saturated rings. The Kier molecular flexibility index (Phi) is 2.45. The summed E-state index contributed by atoms with van der Waals surface area (Å²) in [7, 11) is -9.53. The maximum atomic E-state index is 12.0. The summed E-state index contributed by atoms with van der Waals surface area (Å²) >= 11 is 0. The van der Waals surface area contributed by atoms with Crippen LogP contribution in [0.5, 0.6) is 0 Å². The lowest BCUT2D eigenvalue weighted by atomic mass is 10.4. The van der Waals surface area contributed by atoms with Crippen molar-refractivity contribution in [3.8, 4) is 0 Å². The van der Waals surface area contributed by atoms with Crippen LogP contribution in [0.15, 0.2) is 35.8 Å². The SMILES string of the molecule is C=C/C(=C\C=C/C)S(F)(F)(F)(F)F. The highest BCUT2D eigenvalue weighted by Gasteiger charge is 2.65. The zero-order valence-electron chi connectivity index (χ0n) is 6.81. The standard InChI is InChI=1S/C7H9F5S/c1-3-5-6-7(4-2)13(8,9,10,11)12/h3-6H,2H2,1H3/b5-3-,7-6+. The van der Waals surface area contributed by atoms with Crippen molar-refractivity contribution in [2.45, 2.75) is 6.92 Å². The van der Waals surface area contributed by atoms with Gasteiger partial charge in [-0.05, 0) is 19.1 Å². The van der Waals surface area contributed by atoms with Gasteiger partial charge in [0.2, 0.25) is 0 Å². The fraction of sp³-hybridized carbons (Fsp3) is 0.143. The molecule has 0 aliphatic rings. The minimum atomic E-state index is -9.53. The van der Waals surface area contributed by atoms with Crippen LogP contribution in [0.1, 0.15) is 6.92 Å². The molecule has 0 aliphatic heterocycles. The Morgan fingerprint density at radius 1 is 1.15 bits per heavy atom. The summed E-state index contributed by atoms with van der Waals surface area (Å²) in [5.74, 6) is 0. The molecule has 0 rings (SSSR count). The van der Waals surface area contributed by atoms with Gasteiger partial charge in [0.15, 0.2) is 0 Å². The molecule has 0 N–H and O–H groups in total. The molecule has 0 aliphatic carbocycles. The molecule has 0 spiro atoms. The molecule has 0 aromatic heterocycles. The Morgan fingerprint density at radius 3 is 1.85 bits per heavy atom. The van der Waals surface area contributed by atoms with Crippen LogP contribution >= 0.6 is 10.2 Å². The molecule has 6 heteroatoms. The van der Waals surface area contributed by atoms with E-state index in [-0.39, 0.29) is 6.08 Å². The third-order valence-electron chi connectivity index (χ3n) is 1.10. The van der Waals surface area contributed by atoms with E-state index in [0.717, 1.165) is 6.08 Å². The summed E-state index contributed by atoms with van der Waals surface area (Å²) in [5, 5.41) is 0. The maximum Gasteiger partial charge on any atom is 0.310 e. The van der Waals surface area contributed by atoms with Crippen molar-refractivity contribution in [3.05, 3.63) is 35.8 Å². The van der Waals surface area contributed by atoms with E-state index in [1.54, 1.807) is 0 Å². The normalized spacial score (nSPS) is 19.7. The number of halogens is 5. The molecule has 0 aromatic carbocycles. The second-order valence-electron chi connectivity index (χ2n) is 2.27. The molecule has 0 amide bonds. The second kappa shape index (κ2) is 2.60. The number of allylic oxidation sites excluding steroid dienone is 4. The summed E-state index contributed by atoms with van der Waals surface area (Å²) in [6, 6.07) is 0. The minimum absolute atomic E-state index is 0.113. The van der Waals surface area contributed by atoms with Gasteiger partial charge in [-0.1, -0.05) is 38.2 Å². The van der Waals surface area contributed by atoms with Gasteiger partial charge in [-0.3, -0.25) is 0 Å². The van der Waals surface area contributed by atoms with E-state index in [4.69, 9.17) is 0 Å². The van der Waals surface area contributed by atoms with E-state index in [2.05, 4.69) is 6.58 Å². The van der Waals surface area contributed by atoms with Crippen LogP contribution in [0.25, 0.3) is 0 Å². The van der Waals surface area contributed by atoms with Crippen LogP contribution in [0, 0.1) is 0 Å². The van der Waals surface area contributed by atoms with Crippen molar-refractivity contribution in [1.82, 2.24) is 0 Å². The summed E-state index contributed by atoms with van der Waals surface area (Å²) in [6.07, 6.45) is 2.51. The Bertz CT molecular complexity index is 267. The molecule has 0 saturated heterocycles. The lowest BCUT2D eigenvalue weighted by Crippen LogP contribution is -2.06. The highest BCUT2D eigenvalue weighted by atomic mass is 32.5. The van der Waals surface area contributed by atoms with Crippen molar-refractivity contribution in [3.63, 3.8) is 0 Å². The maximum absolute atomic E-state index is 12.0. The van der Waals surface area contributed by atoms with Crippen molar-refractivity contribution in [2.24, 2.45) is 0 Å². The van der Waals surface area contributed by atoms with Gasteiger partial charge in [0.25, 0.3) is 0 Å². The predicted octanol–water partition coefficient (Wildman–Crippen LogP) is 4.93. The molecular weight excluding hydrogens is 211 g/mol. The van der Waals surface area contributed by atoms with Gasteiger partial charge < -0.3 is 0 Å². The van der Waals surface area contributed by atoms with E-state index >= 15 is 0 Å². The Hall–Kier alpha value is -0.780. The van der Waals surface area contributed by atoms with Crippen LogP contribution in [0.3, 0.4) is 0 Å². The van der Waals surface area contributed by atoms with Crippen molar-refractivity contribution < 1.29 is 19.4 Å². The molecule has 0 saturated carbocycles. The van der Waals surface area contributed by atoms with Gasteiger partial charge in [-0.15, -0.1) is 0 Å². The Balaban J connectivity index is 5.39. The summed E-state index contributed by atoms with van der Waals surface area (Å²) in [4.78, 5) is -1.97. The Labute approximate surface area is 73.2 Å². The van der Waals surface area contributed by atoms with Crippen LogP contribution in [-0.2, 0) is 0 Å².